The van der Waals surface area contributed by atoms with Crippen LogP contribution in [0.1, 0.15) is 62.1 Å². The largest absolute Gasteiger partial charge is 0.135 e. The SMILES string of the molecule is CCCCC(CCCCc1ccc(-c2cccc3c2sc2ccccc23)cc1)(c1ccccc1)c1ccccc1. The highest BCUT2D eigenvalue weighted by Crippen LogP contribution is 2.42. The summed E-state index contributed by atoms with van der Waals surface area (Å²) in [7, 11) is 0. The van der Waals surface area contributed by atoms with E-state index in [-0.39, 0.29) is 5.41 Å². The molecule has 0 aliphatic carbocycles. The van der Waals surface area contributed by atoms with Crippen molar-refractivity contribution >= 4 is 31.5 Å². The highest BCUT2D eigenvalue weighted by Gasteiger charge is 2.32. The molecule has 0 saturated heterocycles. The molecular weight excluding hydrogens is 500 g/mol. The van der Waals surface area contributed by atoms with Gasteiger partial charge in [0.15, 0.2) is 0 Å². The monoisotopic (exact) mass is 538 g/mol. The van der Waals surface area contributed by atoms with Crippen molar-refractivity contribution in [3.05, 3.63) is 144 Å². The molecule has 0 nitrogen and oxygen atoms in total. The third-order valence-corrected chi connectivity index (χ3v) is 9.82. The Hall–Kier alpha value is -3.68. The number of aryl methyl sites for hydroxylation is 1. The van der Waals surface area contributed by atoms with Gasteiger partial charge in [0.2, 0.25) is 0 Å². The second kappa shape index (κ2) is 12.2. The molecule has 0 fully saturated rings. The molecule has 40 heavy (non-hydrogen) atoms. The Bertz CT molecular complexity index is 1620. The summed E-state index contributed by atoms with van der Waals surface area (Å²) in [5.74, 6) is 0. The fourth-order valence-electron chi connectivity index (χ4n) is 6.44. The lowest BCUT2D eigenvalue weighted by molar-refractivity contribution is 0.402. The normalized spacial score (nSPS) is 11.8. The lowest BCUT2D eigenvalue weighted by Gasteiger charge is -2.36. The molecule has 200 valence electrons. The van der Waals surface area contributed by atoms with Crippen LogP contribution in [0.2, 0.25) is 0 Å². The number of benzene rings is 5. The summed E-state index contributed by atoms with van der Waals surface area (Å²) in [6.07, 6.45) is 8.42. The van der Waals surface area contributed by atoms with Crippen LogP contribution in [0.5, 0.6) is 0 Å². The standard InChI is InChI=1S/C39H38S/c1-2-3-28-39(32-16-6-4-7-17-32,33-18-8-5-9-19-33)29-13-12-15-30-24-26-31(27-25-30)34-21-14-22-36-35-20-10-11-23-37(35)40-38(34)36/h4-11,14,16-27H,2-3,12-13,15,28-29H2,1H3. The average Bonchev–Trinajstić information content (AvgIpc) is 3.41. The Morgan fingerprint density at radius 3 is 1.88 bits per heavy atom. The van der Waals surface area contributed by atoms with Crippen molar-refractivity contribution in [3.63, 3.8) is 0 Å². The van der Waals surface area contributed by atoms with Crippen molar-refractivity contribution in [3.8, 4) is 11.1 Å². The van der Waals surface area contributed by atoms with Crippen molar-refractivity contribution in [2.24, 2.45) is 0 Å². The molecule has 0 N–H and O–H groups in total. The van der Waals surface area contributed by atoms with Crippen LogP contribution in [0.3, 0.4) is 0 Å². The van der Waals surface area contributed by atoms with Crippen LogP contribution in [0.4, 0.5) is 0 Å². The number of thiophene rings is 1. The first-order valence-electron chi connectivity index (χ1n) is 14.9. The van der Waals surface area contributed by atoms with Gasteiger partial charge in [0.05, 0.1) is 0 Å². The van der Waals surface area contributed by atoms with Crippen molar-refractivity contribution in [1.29, 1.82) is 0 Å². The van der Waals surface area contributed by atoms with Gasteiger partial charge in [-0.15, -0.1) is 11.3 Å². The van der Waals surface area contributed by atoms with E-state index in [9.17, 15) is 0 Å². The summed E-state index contributed by atoms with van der Waals surface area (Å²) < 4.78 is 2.75. The number of rotatable bonds is 11. The van der Waals surface area contributed by atoms with Crippen molar-refractivity contribution < 1.29 is 0 Å². The zero-order chi connectivity index (χ0) is 27.2. The van der Waals surface area contributed by atoms with Crippen LogP contribution >= 0.6 is 11.3 Å². The third kappa shape index (κ3) is 5.36. The summed E-state index contributed by atoms with van der Waals surface area (Å²) in [6.45, 7) is 2.31. The molecule has 6 aromatic rings. The van der Waals surface area contributed by atoms with Crippen LogP contribution in [0.25, 0.3) is 31.3 Å². The molecule has 0 bridgehead atoms. The van der Waals surface area contributed by atoms with E-state index in [2.05, 4.69) is 134 Å². The summed E-state index contributed by atoms with van der Waals surface area (Å²) in [5.41, 5.74) is 7.12. The van der Waals surface area contributed by atoms with E-state index in [1.54, 1.807) is 0 Å². The lowest BCUT2D eigenvalue weighted by Crippen LogP contribution is -2.28. The second-order valence-electron chi connectivity index (χ2n) is 11.1. The molecular formula is C39H38S. The fraction of sp³-hybridized carbons (Fsp3) is 0.231. The van der Waals surface area contributed by atoms with Crippen molar-refractivity contribution in [2.75, 3.05) is 0 Å². The summed E-state index contributed by atoms with van der Waals surface area (Å²) in [6, 6.07) is 47.3. The molecule has 0 atom stereocenters. The Morgan fingerprint density at radius 2 is 1.18 bits per heavy atom. The Kier molecular flexibility index (Phi) is 8.11. The zero-order valence-electron chi connectivity index (χ0n) is 23.5. The Balaban J connectivity index is 1.18. The number of hydrogen-bond acceptors (Lipinski definition) is 1. The highest BCUT2D eigenvalue weighted by atomic mass is 32.1. The zero-order valence-corrected chi connectivity index (χ0v) is 24.3. The summed E-state index contributed by atoms with van der Waals surface area (Å²) in [4.78, 5) is 0. The van der Waals surface area contributed by atoms with Gasteiger partial charge in [-0.25, -0.2) is 0 Å². The van der Waals surface area contributed by atoms with E-state index in [0.717, 1.165) is 6.42 Å². The number of unbranched alkanes of at least 4 members (excludes halogenated alkanes) is 2. The Labute approximate surface area is 243 Å². The van der Waals surface area contributed by atoms with Crippen LogP contribution in [0, 0.1) is 0 Å². The minimum atomic E-state index is 0.0886. The maximum atomic E-state index is 2.35. The molecule has 0 aliphatic rings. The first kappa shape index (κ1) is 26.5. The van der Waals surface area contributed by atoms with Crippen LogP contribution in [-0.2, 0) is 11.8 Å². The van der Waals surface area contributed by atoms with E-state index in [1.807, 2.05) is 11.3 Å². The smallest absolute Gasteiger partial charge is 0.0433 e. The molecule has 0 unspecified atom stereocenters. The minimum absolute atomic E-state index is 0.0886. The number of fused-ring (bicyclic) bond motifs is 3. The lowest BCUT2D eigenvalue weighted by atomic mass is 9.68. The maximum Gasteiger partial charge on any atom is 0.0433 e. The fourth-order valence-corrected chi connectivity index (χ4v) is 7.68. The van der Waals surface area contributed by atoms with Gasteiger partial charge >= 0.3 is 0 Å². The van der Waals surface area contributed by atoms with E-state index < -0.39 is 0 Å². The number of hydrogen-bond donors (Lipinski definition) is 0. The van der Waals surface area contributed by atoms with Gasteiger partial charge in [0.25, 0.3) is 0 Å². The maximum absolute atomic E-state index is 2.35. The van der Waals surface area contributed by atoms with Gasteiger partial charge in [-0.05, 0) is 59.6 Å². The molecule has 1 heteroatoms. The average molecular weight is 539 g/mol. The van der Waals surface area contributed by atoms with Gasteiger partial charge in [-0.1, -0.05) is 148 Å². The quantitative estimate of drug-likeness (QED) is 0.144. The molecule has 0 amide bonds. The topological polar surface area (TPSA) is 0 Å². The van der Waals surface area contributed by atoms with E-state index in [1.165, 1.54) is 86.5 Å². The highest BCUT2D eigenvalue weighted by molar-refractivity contribution is 7.26. The van der Waals surface area contributed by atoms with Gasteiger partial charge in [0, 0.05) is 25.6 Å². The molecule has 5 aromatic carbocycles. The molecule has 1 aromatic heterocycles. The molecule has 0 radical (unpaired) electrons. The van der Waals surface area contributed by atoms with Gasteiger partial charge in [-0.3, -0.25) is 0 Å². The predicted molar refractivity (Wildman–Crippen MR) is 176 cm³/mol. The van der Waals surface area contributed by atoms with E-state index in [0.29, 0.717) is 0 Å². The van der Waals surface area contributed by atoms with Crippen LogP contribution in [0.15, 0.2) is 127 Å². The third-order valence-electron chi connectivity index (χ3n) is 8.60. The molecule has 6 rings (SSSR count). The Morgan fingerprint density at radius 1 is 0.550 bits per heavy atom. The first-order chi connectivity index (χ1) is 19.8. The molecule has 1 heterocycles. The first-order valence-corrected chi connectivity index (χ1v) is 15.7. The van der Waals surface area contributed by atoms with Gasteiger partial charge in [0.1, 0.15) is 0 Å². The summed E-state index contributed by atoms with van der Waals surface area (Å²) >= 11 is 1.91. The van der Waals surface area contributed by atoms with Crippen molar-refractivity contribution in [1.82, 2.24) is 0 Å². The molecule has 0 saturated carbocycles. The van der Waals surface area contributed by atoms with Gasteiger partial charge in [-0.2, -0.15) is 0 Å². The van der Waals surface area contributed by atoms with Crippen LogP contribution < -0.4 is 0 Å². The van der Waals surface area contributed by atoms with E-state index >= 15 is 0 Å². The van der Waals surface area contributed by atoms with Crippen LogP contribution in [-0.4, -0.2) is 0 Å². The predicted octanol–water partition coefficient (Wildman–Crippen LogP) is 11.6. The molecule has 0 aliphatic heterocycles. The van der Waals surface area contributed by atoms with Gasteiger partial charge < -0.3 is 0 Å². The summed E-state index contributed by atoms with van der Waals surface area (Å²) in [5, 5.41) is 2.73. The minimum Gasteiger partial charge on any atom is -0.135 e. The van der Waals surface area contributed by atoms with Crippen molar-refractivity contribution in [2.45, 2.75) is 57.3 Å². The molecule has 0 spiro atoms. The second-order valence-corrected chi connectivity index (χ2v) is 12.2. The van der Waals surface area contributed by atoms with E-state index in [4.69, 9.17) is 0 Å².